The number of piperazine rings is 1. The van der Waals surface area contributed by atoms with E-state index in [1.807, 2.05) is 4.90 Å². The molecule has 2 heterocycles. The Morgan fingerprint density at radius 1 is 1.06 bits per heavy atom. The Bertz CT molecular complexity index is 1150. The van der Waals surface area contributed by atoms with Gasteiger partial charge in [0.25, 0.3) is 0 Å². The first-order valence-corrected chi connectivity index (χ1v) is 10.2. The summed E-state index contributed by atoms with van der Waals surface area (Å²) in [6.45, 7) is 2.44. The summed E-state index contributed by atoms with van der Waals surface area (Å²) in [5.74, 6) is -0.153. The summed E-state index contributed by atoms with van der Waals surface area (Å²) < 4.78 is 57.2. The number of carbonyl (C=O) groups excluding carboxylic acids is 1. The van der Waals surface area contributed by atoms with E-state index in [4.69, 9.17) is 4.52 Å². The van der Waals surface area contributed by atoms with E-state index in [1.54, 1.807) is 23.1 Å². The van der Waals surface area contributed by atoms with E-state index in [0.29, 0.717) is 38.3 Å². The topological polar surface area (TPSA) is 62.5 Å². The van der Waals surface area contributed by atoms with Crippen molar-refractivity contribution in [2.75, 3.05) is 26.2 Å². The first kappa shape index (κ1) is 22.7. The zero-order valence-electron chi connectivity index (χ0n) is 17.4. The Morgan fingerprint density at radius 3 is 2.55 bits per heavy atom. The summed E-state index contributed by atoms with van der Waals surface area (Å²) in [6, 6.07) is 10.7. The van der Waals surface area contributed by atoms with Crippen LogP contribution in [0, 0.1) is 5.82 Å². The number of benzene rings is 2. The molecule has 6 nitrogen and oxygen atoms in total. The number of rotatable bonds is 5. The van der Waals surface area contributed by atoms with Crippen LogP contribution in [0.15, 0.2) is 59.1 Å². The van der Waals surface area contributed by atoms with Crippen molar-refractivity contribution in [3.63, 3.8) is 0 Å². The highest BCUT2D eigenvalue weighted by atomic mass is 19.4. The molecule has 0 spiro atoms. The Morgan fingerprint density at radius 2 is 1.82 bits per heavy atom. The van der Waals surface area contributed by atoms with Crippen LogP contribution in [-0.2, 0) is 17.5 Å². The average molecular weight is 460 g/mol. The van der Waals surface area contributed by atoms with Gasteiger partial charge in [-0.25, -0.2) is 4.39 Å². The Balaban J connectivity index is 1.31. The fourth-order valence-corrected chi connectivity index (χ4v) is 3.47. The first-order valence-electron chi connectivity index (χ1n) is 10.2. The summed E-state index contributed by atoms with van der Waals surface area (Å²) in [5.41, 5.74) is 0.0499. The normalized spacial score (nSPS) is 15.3. The molecule has 10 heteroatoms. The highest BCUT2D eigenvalue weighted by Crippen LogP contribution is 2.31. The quantitative estimate of drug-likeness (QED) is 0.421. The van der Waals surface area contributed by atoms with Gasteiger partial charge in [0.2, 0.25) is 17.6 Å². The molecule has 1 fully saturated rings. The number of alkyl halides is 3. The molecule has 3 aromatic rings. The molecule has 1 aliphatic rings. The van der Waals surface area contributed by atoms with Crippen LogP contribution in [0.3, 0.4) is 0 Å². The van der Waals surface area contributed by atoms with Crippen molar-refractivity contribution < 1.29 is 26.9 Å². The maximum atomic E-state index is 13.2. The molecule has 4 rings (SSSR count). The molecule has 0 saturated carbocycles. The number of carbonyl (C=O) groups is 1. The van der Waals surface area contributed by atoms with Crippen LogP contribution < -0.4 is 0 Å². The van der Waals surface area contributed by atoms with Gasteiger partial charge in [-0.3, -0.25) is 9.69 Å². The van der Waals surface area contributed by atoms with Gasteiger partial charge in [-0.15, -0.1) is 0 Å². The van der Waals surface area contributed by atoms with Gasteiger partial charge in [-0.2, -0.15) is 18.2 Å². The molecular weight excluding hydrogens is 440 g/mol. The fraction of sp³-hybridized carbons (Fsp3) is 0.261. The molecule has 2 aromatic carbocycles. The van der Waals surface area contributed by atoms with E-state index in [1.165, 1.54) is 30.3 Å². The summed E-state index contributed by atoms with van der Waals surface area (Å²) in [5, 5.41) is 3.80. The van der Waals surface area contributed by atoms with E-state index >= 15 is 0 Å². The number of nitrogens with zero attached hydrogens (tertiary/aromatic N) is 4. The predicted molar refractivity (Wildman–Crippen MR) is 112 cm³/mol. The van der Waals surface area contributed by atoms with Crippen LogP contribution in [-0.4, -0.2) is 52.0 Å². The van der Waals surface area contributed by atoms with E-state index in [-0.39, 0.29) is 29.0 Å². The number of hydrogen-bond donors (Lipinski definition) is 0. The lowest BCUT2D eigenvalue weighted by Crippen LogP contribution is -2.47. The fourth-order valence-electron chi connectivity index (χ4n) is 3.47. The maximum Gasteiger partial charge on any atom is 0.416 e. The highest BCUT2D eigenvalue weighted by molar-refractivity contribution is 5.91. The maximum absolute atomic E-state index is 13.2. The van der Waals surface area contributed by atoms with Crippen LogP contribution in [0.1, 0.15) is 17.0 Å². The molecule has 0 bridgehead atoms. The average Bonchev–Trinajstić information content (AvgIpc) is 3.26. The van der Waals surface area contributed by atoms with Crippen molar-refractivity contribution in [1.82, 2.24) is 19.9 Å². The lowest BCUT2D eigenvalue weighted by Gasteiger charge is -2.33. The van der Waals surface area contributed by atoms with Crippen LogP contribution in [0.25, 0.3) is 17.5 Å². The SMILES string of the molecule is O=C(/C=C/c1cccc(F)c1)N1CCN(Cc2nc(-c3cccc(C(F)(F)F)c3)no2)CC1. The third-order valence-electron chi connectivity index (χ3n) is 5.23. The van der Waals surface area contributed by atoms with Crippen molar-refractivity contribution in [3.8, 4) is 11.4 Å². The van der Waals surface area contributed by atoms with E-state index in [9.17, 15) is 22.4 Å². The molecule has 172 valence electrons. The van der Waals surface area contributed by atoms with E-state index in [2.05, 4.69) is 10.1 Å². The lowest BCUT2D eigenvalue weighted by atomic mass is 10.1. The molecular formula is C23H20F4N4O2. The number of hydrogen-bond acceptors (Lipinski definition) is 5. The van der Waals surface area contributed by atoms with Gasteiger partial charge in [0.05, 0.1) is 12.1 Å². The Labute approximate surface area is 187 Å². The van der Waals surface area contributed by atoms with Gasteiger partial charge in [0.1, 0.15) is 5.82 Å². The molecule has 0 N–H and O–H groups in total. The first-order chi connectivity index (χ1) is 15.8. The monoisotopic (exact) mass is 460 g/mol. The summed E-state index contributed by atoms with van der Waals surface area (Å²) in [7, 11) is 0. The summed E-state index contributed by atoms with van der Waals surface area (Å²) in [4.78, 5) is 20.3. The Kier molecular flexibility index (Phi) is 6.55. The van der Waals surface area contributed by atoms with Gasteiger partial charge in [0, 0.05) is 37.8 Å². The number of aromatic nitrogens is 2. The van der Waals surface area contributed by atoms with Crippen LogP contribution >= 0.6 is 0 Å². The highest BCUT2D eigenvalue weighted by Gasteiger charge is 2.31. The minimum absolute atomic E-state index is 0.0902. The second kappa shape index (κ2) is 9.53. The predicted octanol–water partition coefficient (Wildman–Crippen LogP) is 4.25. The molecule has 0 radical (unpaired) electrons. The van der Waals surface area contributed by atoms with Crippen molar-refractivity contribution in [2.45, 2.75) is 12.7 Å². The Hall–Kier alpha value is -3.53. The van der Waals surface area contributed by atoms with Gasteiger partial charge in [-0.1, -0.05) is 29.4 Å². The van der Waals surface area contributed by atoms with Crippen molar-refractivity contribution in [3.05, 3.63) is 77.4 Å². The molecule has 1 saturated heterocycles. The molecule has 1 aromatic heterocycles. The van der Waals surface area contributed by atoms with Crippen molar-refractivity contribution in [2.24, 2.45) is 0 Å². The second-order valence-electron chi connectivity index (χ2n) is 7.58. The molecule has 1 aliphatic heterocycles. The second-order valence-corrected chi connectivity index (χ2v) is 7.58. The standard InChI is InChI=1S/C23H20F4N4O2/c24-19-6-1-3-16(13-19)7-8-21(32)31-11-9-30(10-12-31)15-20-28-22(29-33-20)17-4-2-5-18(14-17)23(25,26)27/h1-8,13-14H,9-12,15H2/b8-7+. The molecule has 1 amide bonds. The zero-order chi connectivity index (χ0) is 23.4. The zero-order valence-corrected chi connectivity index (χ0v) is 17.4. The molecule has 0 aliphatic carbocycles. The van der Waals surface area contributed by atoms with Crippen LogP contribution in [0.4, 0.5) is 17.6 Å². The third kappa shape index (κ3) is 5.83. The smallest absolute Gasteiger partial charge is 0.338 e. The number of halogens is 4. The van der Waals surface area contributed by atoms with Gasteiger partial charge in [-0.05, 0) is 35.9 Å². The molecule has 33 heavy (non-hydrogen) atoms. The largest absolute Gasteiger partial charge is 0.416 e. The van der Waals surface area contributed by atoms with E-state index in [0.717, 1.165) is 12.1 Å². The van der Waals surface area contributed by atoms with Crippen LogP contribution in [0.2, 0.25) is 0 Å². The minimum atomic E-state index is -4.45. The molecule has 0 atom stereocenters. The summed E-state index contributed by atoms with van der Waals surface area (Å²) in [6.07, 6.45) is -1.46. The van der Waals surface area contributed by atoms with Gasteiger partial charge in [0.15, 0.2) is 0 Å². The van der Waals surface area contributed by atoms with Crippen molar-refractivity contribution in [1.29, 1.82) is 0 Å². The van der Waals surface area contributed by atoms with Crippen LogP contribution in [0.5, 0.6) is 0 Å². The lowest BCUT2D eigenvalue weighted by molar-refractivity contribution is -0.137. The minimum Gasteiger partial charge on any atom is -0.338 e. The third-order valence-corrected chi connectivity index (χ3v) is 5.23. The molecule has 0 unspecified atom stereocenters. The van der Waals surface area contributed by atoms with Gasteiger partial charge < -0.3 is 9.42 Å². The van der Waals surface area contributed by atoms with Gasteiger partial charge >= 0.3 is 6.18 Å². The van der Waals surface area contributed by atoms with E-state index < -0.39 is 11.7 Å². The summed E-state index contributed by atoms with van der Waals surface area (Å²) >= 11 is 0. The van der Waals surface area contributed by atoms with Crippen molar-refractivity contribution >= 4 is 12.0 Å². The number of amides is 1.